The van der Waals surface area contributed by atoms with Crippen molar-refractivity contribution in [3.8, 4) is 0 Å². The maximum absolute atomic E-state index is 13.5. The lowest BCUT2D eigenvalue weighted by Gasteiger charge is -2.29. The Morgan fingerprint density at radius 3 is 2.42 bits per heavy atom. The number of fused-ring (bicyclic) bond motifs is 2. The van der Waals surface area contributed by atoms with E-state index in [9.17, 15) is 9.59 Å². The molecule has 0 unspecified atom stereocenters. The van der Waals surface area contributed by atoms with Crippen LogP contribution in [0, 0.1) is 0 Å². The molecule has 0 saturated carbocycles. The predicted molar refractivity (Wildman–Crippen MR) is 124 cm³/mol. The second-order valence-electron chi connectivity index (χ2n) is 8.14. The summed E-state index contributed by atoms with van der Waals surface area (Å²) in [5.41, 5.74) is 3.74. The molecule has 31 heavy (non-hydrogen) atoms. The Morgan fingerprint density at radius 2 is 1.68 bits per heavy atom. The van der Waals surface area contributed by atoms with Gasteiger partial charge in [-0.15, -0.1) is 0 Å². The maximum atomic E-state index is 13.5. The van der Waals surface area contributed by atoms with Crippen LogP contribution < -0.4 is 10.5 Å². The lowest BCUT2D eigenvalue weighted by molar-refractivity contribution is -0.132. The van der Waals surface area contributed by atoms with Crippen LogP contribution in [0.25, 0.3) is 11.0 Å². The summed E-state index contributed by atoms with van der Waals surface area (Å²) in [6.45, 7) is 7.04. The highest BCUT2D eigenvalue weighted by Crippen LogP contribution is 2.20. The van der Waals surface area contributed by atoms with Crippen LogP contribution in [0.5, 0.6) is 0 Å². The molecule has 1 aromatic heterocycles. The van der Waals surface area contributed by atoms with E-state index in [1.807, 2.05) is 46.2 Å². The van der Waals surface area contributed by atoms with E-state index in [2.05, 4.69) is 26.0 Å². The fourth-order valence-electron chi connectivity index (χ4n) is 4.35. The number of aromatic nitrogens is 2. The van der Waals surface area contributed by atoms with E-state index in [4.69, 9.17) is 4.98 Å². The fraction of sp³-hybridized carbons (Fsp3) is 0.400. The van der Waals surface area contributed by atoms with E-state index in [0.29, 0.717) is 24.4 Å². The molecule has 2 aromatic carbocycles. The molecule has 0 radical (unpaired) electrons. The van der Waals surface area contributed by atoms with Crippen LogP contribution in [-0.4, -0.2) is 40.0 Å². The fourth-order valence-corrected chi connectivity index (χ4v) is 4.35. The van der Waals surface area contributed by atoms with Crippen LogP contribution in [0.1, 0.15) is 37.8 Å². The first-order valence-electron chi connectivity index (χ1n) is 11.2. The summed E-state index contributed by atoms with van der Waals surface area (Å²) in [6.07, 6.45) is 2.71. The Kier molecular flexibility index (Phi) is 6.35. The first-order chi connectivity index (χ1) is 15.1. The summed E-state index contributed by atoms with van der Waals surface area (Å²) in [7, 11) is 0. The summed E-state index contributed by atoms with van der Waals surface area (Å²) in [5, 5.41) is 0. The Bertz CT molecular complexity index is 1130. The molecule has 0 fully saturated rings. The van der Waals surface area contributed by atoms with Crippen molar-refractivity contribution in [3.05, 3.63) is 70.0 Å². The largest absolute Gasteiger partial charge is 0.352 e. The molecule has 2 heterocycles. The average molecular weight is 419 g/mol. The lowest BCUT2D eigenvalue weighted by atomic mass is 10.00. The minimum Gasteiger partial charge on any atom is -0.352 e. The summed E-state index contributed by atoms with van der Waals surface area (Å²) < 4.78 is 1.61. The summed E-state index contributed by atoms with van der Waals surface area (Å²) in [6, 6.07) is 15.8. The Labute approximate surface area is 183 Å². The zero-order chi connectivity index (χ0) is 21.8. The number of amides is 1. The van der Waals surface area contributed by atoms with Crippen LogP contribution in [0.3, 0.4) is 0 Å². The Balaban J connectivity index is 1.69. The monoisotopic (exact) mass is 418 g/mol. The molecule has 0 spiro atoms. The molecule has 6 heteroatoms. The van der Waals surface area contributed by atoms with Gasteiger partial charge in [0.15, 0.2) is 5.82 Å². The molecule has 162 valence electrons. The van der Waals surface area contributed by atoms with Gasteiger partial charge in [-0.2, -0.15) is 0 Å². The Hall–Kier alpha value is -3.15. The van der Waals surface area contributed by atoms with Gasteiger partial charge in [0.05, 0.1) is 11.0 Å². The third-order valence-corrected chi connectivity index (χ3v) is 5.90. The average Bonchev–Trinajstić information content (AvgIpc) is 2.80. The van der Waals surface area contributed by atoms with Gasteiger partial charge in [0.25, 0.3) is 5.56 Å². The van der Waals surface area contributed by atoms with Gasteiger partial charge in [-0.3, -0.25) is 14.2 Å². The van der Waals surface area contributed by atoms with Gasteiger partial charge < -0.3 is 9.80 Å². The first kappa shape index (κ1) is 21.1. The van der Waals surface area contributed by atoms with Crippen LogP contribution in [-0.2, 0) is 24.3 Å². The second-order valence-corrected chi connectivity index (χ2v) is 8.14. The number of anilines is 1. The molecule has 0 aliphatic carbocycles. The number of carbonyl (C=O) groups is 1. The zero-order valence-corrected chi connectivity index (χ0v) is 18.4. The number of hydrogen-bond donors (Lipinski definition) is 0. The molecule has 3 aromatic rings. The number of carbonyl (C=O) groups excluding carboxylic acids is 1. The summed E-state index contributed by atoms with van der Waals surface area (Å²) in [5.74, 6) is 0.413. The molecule has 4 rings (SSSR count). The van der Waals surface area contributed by atoms with Gasteiger partial charge in [0, 0.05) is 26.2 Å². The standard InChI is InChI=1S/C25H30N4O2/c1-3-14-27(15-4-2)24-25(31)29(22-12-8-7-11-21(22)26-24)18-23(30)28-16-13-19-9-5-6-10-20(19)17-28/h5-12H,3-4,13-18H2,1-2H3. The molecular formula is C25H30N4O2. The zero-order valence-electron chi connectivity index (χ0n) is 18.4. The second kappa shape index (κ2) is 9.33. The molecule has 0 N–H and O–H groups in total. The van der Waals surface area contributed by atoms with Crippen LogP contribution >= 0.6 is 0 Å². The minimum absolute atomic E-state index is 0.0309. The van der Waals surface area contributed by atoms with Gasteiger partial charge in [0.1, 0.15) is 6.54 Å². The van der Waals surface area contributed by atoms with Gasteiger partial charge in [-0.05, 0) is 42.5 Å². The van der Waals surface area contributed by atoms with Crippen LogP contribution in [0.15, 0.2) is 53.3 Å². The van der Waals surface area contributed by atoms with Crippen LogP contribution in [0.4, 0.5) is 5.82 Å². The van der Waals surface area contributed by atoms with Gasteiger partial charge >= 0.3 is 0 Å². The van der Waals surface area contributed by atoms with Crippen molar-refractivity contribution in [2.24, 2.45) is 0 Å². The van der Waals surface area contributed by atoms with Crippen LogP contribution in [0.2, 0.25) is 0 Å². The molecule has 0 bridgehead atoms. The SMILES string of the molecule is CCCN(CCC)c1nc2ccccc2n(CC(=O)N2CCc3ccccc3C2)c1=O. The highest BCUT2D eigenvalue weighted by Gasteiger charge is 2.23. The van der Waals surface area contributed by atoms with E-state index in [1.54, 1.807) is 4.57 Å². The van der Waals surface area contributed by atoms with E-state index in [0.717, 1.165) is 37.9 Å². The van der Waals surface area contributed by atoms with Crippen molar-refractivity contribution in [1.29, 1.82) is 0 Å². The van der Waals surface area contributed by atoms with Crippen molar-refractivity contribution in [1.82, 2.24) is 14.5 Å². The molecular weight excluding hydrogens is 388 g/mol. The molecule has 1 amide bonds. The van der Waals surface area contributed by atoms with Crippen molar-refractivity contribution < 1.29 is 4.79 Å². The third kappa shape index (κ3) is 4.33. The molecule has 0 saturated heterocycles. The van der Waals surface area contributed by atoms with Crippen molar-refractivity contribution in [3.63, 3.8) is 0 Å². The lowest BCUT2D eigenvalue weighted by Crippen LogP contribution is -2.41. The van der Waals surface area contributed by atoms with E-state index >= 15 is 0 Å². The number of nitrogens with zero attached hydrogens (tertiary/aromatic N) is 4. The molecule has 1 aliphatic rings. The molecule has 6 nitrogen and oxygen atoms in total. The Morgan fingerprint density at radius 1 is 1.00 bits per heavy atom. The third-order valence-electron chi connectivity index (χ3n) is 5.90. The number of rotatable bonds is 7. The van der Waals surface area contributed by atoms with E-state index in [1.165, 1.54) is 11.1 Å². The quantitative estimate of drug-likeness (QED) is 0.588. The number of para-hydroxylation sites is 2. The highest BCUT2D eigenvalue weighted by molar-refractivity contribution is 5.81. The highest BCUT2D eigenvalue weighted by atomic mass is 16.2. The van der Waals surface area contributed by atoms with Gasteiger partial charge in [-0.1, -0.05) is 50.2 Å². The summed E-state index contributed by atoms with van der Waals surface area (Å²) >= 11 is 0. The first-order valence-corrected chi connectivity index (χ1v) is 11.2. The smallest absolute Gasteiger partial charge is 0.294 e. The van der Waals surface area contributed by atoms with E-state index in [-0.39, 0.29) is 18.0 Å². The predicted octanol–water partition coefficient (Wildman–Crippen LogP) is 3.61. The topological polar surface area (TPSA) is 58.4 Å². The van der Waals surface area contributed by atoms with Gasteiger partial charge in [-0.25, -0.2) is 4.98 Å². The number of benzene rings is 2. The molecule has 1 aliphatic heterocycles. The van der Waals surface area contributed by atoms with E-state index < -0.39 is 0 Å². The van der Waals surface area contributed by atoms with Crippen molar-refractivity contribution >= 4 is 22.8 Å². The summed E-state index contributed by atoms with van der Waals surface area (Å²) in [4.78, 5) is 35.3. The minimum atomic E-state index is -0.189. The van der Waals surface area contributed by atoms with Crippen molar-refractivity contribution in [2.45, 2.75) is 46.2 Å². The normalized spacial score (nSPS) is 13.3. The number of hydrogen-bond acceptors (Lipinski definition) is 4. The maximum Gasteiger partial charge on any atom is 0.294 e. The van der Waals surface area contributed by atoms with Crippen molar-refractivity contribution in [2.75, 3.05) is 24.5 Å². The van der Waals surface area contributed by atoms with Gasteiger partial charge in [0.2, 0.25) is 5.91 Å². The molecule has 0 atom stereocenters.